The number of hydrogen-bond donors (Lipinski definition) is 2. The fourth-order valence-corrected chi connectivity index (χ4v) is 8.00. The monoisotopic (exact) mass is 739 g/mol. The van der Waals surface area contributed by atoms with E-state index in [0.29, 0.717) is 56.7 Å². The molecular weight excluding hydrogens is 701 g/mol. The van der Waals surface area contributed by atoms with Crippen molar-refractivity contribution in [2.45, 2.75) is 54.0 Å². The molecule has 0 saturated carbocycles. The van der Waals surface area contributed by atoms with Crippen LogP contribution >= 0.6 is 23.4 Å². The summed E-state index contributed by atoms with van der Waals surface area (Å²) in [5.41, 5.74) is 0.936. The van der Waals surface area contributed by atoms with E-state index >= 15 is 8.78 Å². The van der Waals surface area contributed by atoms with E-state index in [1.165, 1.54) is 19.2 Å². The van der Waals surface area contributed by atoms with Crippen LogP contribution in [0.1, 0.15) is 43.5 Å². The number of quaternary nitrogens is 1. The third-order valence-electron chi connectivity index (χ3n) is 8.34. The van der Waals surface area contributed by atoms with Crippen molar-refractivity contribution >= 4 is 39.4 Å². The van der Waals surface area contributed by atoms with Crippen LogP contribution in [0.5, 0.6) is 5.75 Å². The van der Waals surface area contributed by atoms with Gasteiger partial charge in [-0.25, -0.2) is 26.6 Å². The Morgan fingerprint density at radius 2 is 1.73 bits per heavy atom. The van der Waals surface area contributed by atoms with Crippen LogP contribution < -0.4 is 9.64 Å². The number of imidazole rings is 1. The predicted octanol–water partition coefficient (Wildman–Crippen LogP) is 5.57. The van der Waals surface area contributed by atoms with Gasteiger partial charge in [0.1, 0.15) is 29.2 Å². The maximum atomic E-state index is 15.5. The molecule has 0 bridgehead atoms. The zero-order chi connectivity index (χ0) is 36.3. The number of ether oxygens (including phenoxy) is 1. The molecule has 0 amide bonds. The molecule has 0 fully saturated rings. The average molecular weight is 740 g/mol. The number of carboxylic acid groups (broad SMARTS) is 1. The lowest BCUT2D eigenvalue weighted by molar-refractivity contribution is -0.858. The number of nitrogens with one attached hydrogen (secondary N) is 1. The van der Waals surface area contributed by atoms with Crippen molar-refractivity contribution < 1.29 is 41.1 Å². The number of sulfonamides is 1. The number of aromatic nitrogens is 2. The molecule has 0 aliphatic rings. The number of hydrogen-bond acceptors (Lipinski definition) is 6. The molecule has 1 heterocycles. The molecule has 1 unspecified atom stereocenters. The Bertz CT molecular complexity index is 1900. The van der Waals surface area contributed by atoms with Crippen LogP contribution in [0.2, 0.25) is 5.02 Å². The lowest BCUT2D eigenvalue weighted by Gasteiger charge is -2.28. The van der Waals surface area contributed by atoms with Crippen molar-refractivity contribution in [2.24, 2.45) is 0 Å². The summed E-state index contributed by atoms with van der Waals surface area (Å²) in [5.74, 6) is -3.81. The molecule has 0 radical (unpaired) electrons. The largest absolute Gasteiger partial charge is 0.495 e. The molecule has 0 saturated heterocycles. The number of methoxy groups -OCH3 is 1. The molecule has 15 heteroatoms. The van der Waals surface area contributed by atoms with E-state index in [1.54, 1.807) is 35.0 Å². The van der Waals surface area contributed by atoms with Crippen LogP contribution in [0, 0.1) is 17.5 Å². The molecule has 4 rings (SSSR count). The van der Waals surface area contributed by atoms with Crippen molar-refractivity contribution in [1.82, 2.24) is 13.9 Å². The summed E-state index contributed by atoms with van der Waals surface area (Å²) in [7, 11) is 1.81. The summed E-state index contributed by atoms with van der Waals surface area (Å²) in [5, 5.41) is 10.5. The maximum absolute atomic E-state index is 15.5. The van der Waals surface area contributed by atoms with Crippen molar-refractivity contribution in [2.75, 3.05) is 34.8 Å². The van der Waals surface area contributed by atoms with Gasteiger partial charge >= 0.3 is 5.97 Å². The maximum Gasteiger partial charge on any atom is 0.322 e. The number of carbonyl (C=O) groups is 1. The van der Waals surface area contributed by atoms with Crippen molar-refractivity contribution in [3.63, 3.8) is 0 Å². The number of aliphatic carboxylic acids is 1. The van der Waals surface area contributed by atoms with Gasteiger partial charge in [-0.05, 0) is 66.9 Å². The first-order valence-electron chi connectivity index (χ1n) is 15.3. The molecule has 2 N–H and O–H groups in total. The van der Waals surface area contributed by atoms with Crippen LogP contribution in [0.25, 0.3) is 5.69 Å². The Balaban J connectivity index is 1.67. The Morgan fingerprint density at radius 1 is 1.10 bits per heavy atom. The number of halogens is 4. The van der Waals surface area contributed by atoms with Crippen LogP contribution in [0.4, 0.5) is 13.2 Å². The van der Waals surface area contributed by atoms with E-state index < -0.39 is 55.4 Å². The molecule has 4 aromatic rings. The zero-order valence-corrected chi connectivity index (χ0v) is 30.3. The number of likely N-dealkylation sites (N-methyl/N-ethyl adjacent to an activating group) is 1. The van der Waals surface area contributed by atoms with Gasteiger partial charge in [-0.3, -0.25) is 9.36 Å². The van der Waals surface area contributed by atoms with Gasteiger partial charge < -0.3 is 14.7 Å². The van der Waals surface area contributed by atoms with E-state index in [-0.39, 0.29) is 12.2 Å². The summed E-state index contributed by atoms with van der Waals surface area (Å²) in [6.07, 6.45) is 2.08. The normalized spacial score (nSPS) is 12.9. The number of rotatable bonds is 15. The Morgan fingerprint density at radius 3 is 2.29 bits per heavy atom. The summed E-state index contributed by atoms with van der Waals surface area (Å²) in [4.78, 5) is 16.9. The number of nitrogens with zero attached hydrogens (tertiary/aromatic N) is 3. The summed E-state index contributed by atoms with van der Waals surface area (Å²) < 4.78 is 79.3. The molecule has 49 heavy (non-hydrogen) atoms. The van der Waals surface area contributed by atoms with E-state index in [9.17, 15) is 22.7 Å². The van der Waals surface area contributed by atoms with Gasteiger partial charge in [-0.2, -0.15) is 4.31 Å². The second kappa shape index (κ2) is 15.5. The van der Waals surface area contributed by atoms with E-state index in [0.717, 1.165) is 29.3 Å². The first-order valence-corrected chi connectivity index (χ1v) is 18.1. The minimum atomic E-state index is -4.56. The summed E-state index contributed by atoms with van der Waals surface area (Å²) in [6.45, 7) is 4.51. The lowest BCUT2D eigenvalue weighted by atomic mass is 9.81. The van der Waals surface area contributed by atoms with Gasteiger partial charge in [0.15, 0.2) is 5.16 Å². The fraction of sp³-hybridized carbons (Fsp3) is 0.353. The molecule has 9 nitrogen and oxygen atoms in total. The predicted molar refractivity (Wildman–Crippen MR) is 183 cm³/mol. The zero-order valence-electron chi connectivity index (χ0n) is 27.9. The highest BCUT2D eigenvalue weighted by Gasteiger charge is 2.34. The minimum absolute atomic E-state index is 0.0287. The average Bonchev–Trinajstić information content (AvgIpc) is 3.47. The van der Waals surface area contributed by atoms with Crippen LogP contribution in [0.3, 0.4) is 0 Å². The molecular formula is C34H39ClF3N4O5S2+. The van der Waals surface area contributed by atoms with Crippen molar-refractivity contribution in [1.29, 1.82) is 0 Å². The molecule has 264 valence electrons. The molecule has 1 aromatic heterocycles. The number of thioether (sulfide) groups is 1. The molecule has 3 aromatic carbocycles. The van der Waals surface area contributed by atoms with Crippen molar-refractivity contribution in [3.8, 4) is 11.4 Å². The lowest BCUT2D eigenvalue weighted by Crippen LogP contribution is -3.05. The summed E-state index contributed by atoms with van der Waals surface area (Å²) in [6, 6.07) is 11.1. The third-order valence-corrected chi connectivity index (χ3v) is 11.5. The Hall–Kier alpha value is -3.56. The van der Waals surface area contributed by atoms with Gasteiger partial charge in [-0.15, -0.1) is 0 Å². The summed E-state index contributed by atoms with van der Waals surface area (Å²) >= 11 is 7.44. The number of carboxylic acids is 1. The Kier molecular flexibility index (Phi) is 12.1. The van der Waals surface area contributed by atoms with Gasteiger partial charge in [0, 0.05) is 29.5 Å². The van der Waals surface area contributed by atoms with Crippen LogP contribution in [-0.4, -0.2) is 74.2 Å². The highest BCUT2D eigenvalue weighted by Crippen LogP contribution is 2.39. The topological polar surface area (TPSA) is 106 Å². The quantitative estimate of drug-likeness (QED) is 0.154. The van der Waals surface area contributed by atoms with Crippen LogP contribution in [-0.2, 0) is 26.0 Å². The third kappa shape index (κ3) is 8.43. The highest BCUT2D eigenvalue weighted by molar-refractivity contribution is 7.98. The highest BCUT2D eigenvalue weighted by atomic mass is 35.5. The fourth-order valence-electron chi connectivity index (χ4n) is 5.37. The van der Waals surface area contributed by atoms with E-state index in [4.69, 9.17) is 16.3 Å². The molecule has 0 aliphatic carbocycles. The standard InChI is InChI=1S/C34H38ClF3N4O5S2/c1-34(2,21-9-14-30(47-6)26(35)16-21)31-19-39-33(42(31)23-12-10-22(36)11-13-23)48-20-25-27(37)17-24(18-28(25)38)49(45,46)41(5)29(32(43)44)8-7-15-40(3)4/h9-14,16-19,29H,7-8,15,20H2,1-6H3,(H,43,44)/p+1. The molecule has 0 spiro atoms. The van der Waals surface area contributed by atoms with Gasteiger partial charge in [0.05, 0.1) is 49.6 Å². The molecule has 1 atom stereocenters. The van der Waals surface area contributed by atoms with E-state index in [2.05, 4.69) is 4.98 Å². The van der Waals surface area contributed by atoms with Gasteiger partial charge in [0.25, 0.3) is 0 Å². The second-order valence-electron chi connectivity index (χ2n) is 12.3. The second-order valence-corrected chi connectivity index (χ2v) is 15.7. The minimum Gasteiger partial charge on any atom is -0.495 e. The first kappa shape index (κ1) is 38.2. The first-order chi connectivity index (χ1) is 23.0. The van der Waals surface area contributed by atoms with Crippen molar-refractivity contribution in [3.05, 3.63) is 100 Å². The smallest absolute Gasteiger partial charge is 0.322 e. The molecule has 0 aliphatic heterocycles. The van der Waals surface area contributed by atoms with Gasteiger partial charge in [-0.1, -0.05) is 43.3 Å². The Labute approximate surface area is 293 Å². The SMILES string of the molecule is COc1ccc(C(C)(C)c2cnc(SCc3c(F)cc(S(=O)(=O)N(C)C(CCC[NH+](C)C)C(=O)O)cc3F)n2-c2ccc(F)cc2)cc1Cl. The number of benzene rings is 3. The van der Waals surface area contributed by atoms with Crippen LogP contribution in [0.15, 0.2) is 70.8 Å². The van der Waals surface area contributed by atoms with Gasteiger partial charge in [0.2, 0.25) is 10.0 Å². The van der Waals surface area contributed by atoms with E-state index in [1.807, 2.05) is 34.0 Å².